The van der Waals surface area contributed by atoms with Gasteiger partial charge in [-0.1, -0.05) is 59.7 Å². The van der Waals surface area contributed by atoms with E-state index < -0.39 is 35.0 Å². The number of rotatable bonds is 6. The molecule has 2 saturated heterocycles. The molecule has 0 radical (unpaired) electrons. The van der Waals surface area contributed by atoms with Crippen molar-refractivity contribution in [1.29, 1.82) is 0 Å². The Morgan fingerprint density at radius 3 is 2.21 bits per heavy atom. The average molecular weight is 667 g/mol. The molecule has 246 valence electrons. The van der Waals surface area contributed by atoms with E-state index >= 15 is 0 Å². The number of anilines is 2. The van der Waals surface area contributed by atoms with Gasteiger partial charge < -0.3 is 14.6 Å². The lowest BCUT2D eigenvalue weighted by Gasteiger charge is -2.47. The van der Waals surface area contributed by atoms with E-state index in [9.17, 15) is 24.3 Å². The van der Waals surface area contributed by atoms with Gasteiger partial charge in [-0.25, -0.2) is 9.80 Å². The molecular weight excluding hydrogens is 632 g/mol. The van der Waals surface area contributed by atoms with E-state index in [1.165, 1.54) is 24.0 Å². The lowest BCUT2D eigenvalue weighted by molar-refractivity contribution is -0.132. The van der Waals surface area contributed by atoms with Crippen LogP contribution < -0.4 is 19.3 Å². The van der Waals surface area contributed by atoms with E-state index in [0.29, 0.717) is 28.4 Å². The number of hydrogen-bond donors (Lipinski definition) is 1. The second kappa shape index (κ2) is 11.7. The number of carbonyl (C=O) groups is 4. The minimum absolute atomic E-state index is 0.137. The van der Waals surface area contributed by atoms with Crippen molar-refractivity contribution in [2.45, 2.75) is 26.7 Å². The number of ether oxygens (including phenoxy) is 2. The predicted molar refractivity (Wildman–Crippen MR) is 181 cm³/mol. The number of halogens is 1. The Balaban J connectivity index is 1.34. The van der Waals surface area contributed by atoms with Crippen LogP contribution in [-0.2, 0) is 19.2 Å². The Hall–Kier alpha value is -4.89. The molecule has 48 heavy (non-hydrogen) atoms. The third-order valence-electron chi connectivity index (χ3n) is 10.8. The molecular formula is C38H35ClN2O7. The molecule has 1 saturated carbocycles. The maximum Gasteiger partial charge on any atom is 0.241 e. The quantitative estimate of drug-likeness (QED) is 0.241. The van der Waals surface area contributed by atoms with Gasteiger partial charge in [0.05, 0.1) is 48.8 Å². The number of allylic oxidation sites excluding steroid dienone is 3. The van der Waals surface area contributed by atoms with Gasteiger partial charge in [0.1, 0.15) is 0 Å². The van der Waals surface area contributed by atoms with E-state index in [0.717, 1.165) is 11.1 Å². The summed E-state index contributed by atoms with van der Waals surface area (Å²) in [5, 5.41) is 10.9. The van der Waals surface area contributed by atoms with Crippen LogP contribution in [0.3, 0.4) is 0 Å². The number of imide groups is 2. The summed E-state index contributed by atoms with van der Waals surface area (Å²) in [6, 6.07) is 17.3. The summed E-state index contributed by atoms with van der Waals surface area (Å²) in [4.78, 5) is 59.4. The van der Waals surface area contributed by atoms with Crippen molar-refractivity contribution in [3.05, 3.63) is 94.5 Å². The van der Waals surface area contributed by atoms with Crippen molar-refractivity contribution in [2.75, 3.05) is 24.0 Å². The van der Waals surface area contributed by atoms with Crippen molar-refractivity contribution >= 4 is 52.7 Å². The molecule has 1 N–H and O–H groups in total. The van der Waals surface area contributed by atoms with Gasteiger partial charge in [0, 0.05) is 10.9 Å². The van der Waals surface area contributed by atoms with E-state index in [2.05, 4.69) is 0 Å². The summed E-state index contributed by atoms with van der Waals surface area (Å²) >= 11 is 6.40. The molecule has 4 amide bonds. The van der Waals surface area contributed by atoms with Crippen LogP contribution in [0.1, 0.15) is 30.9 Å². The van der Waals surface area contributed by atoms with E-state index in [-0.39, 0.29) is 47.3 Å². The van der Waals surface area contributed by atoms with Crippen LogP contribution in [0.5, 0.6) is 17.2 Å². The summed E-state index contributed by atoms with van der Waals surface area (Å²) < 4.78 is 10.7. The van der Waals surface area contributed by atoms with Crippen LogP contribution in [0.15, 0.2) is 78.4 Å². The molecule has 2 aliphatic heterocycles. The molecule has 3 fully saturated rings. The number of benzene rings is 3. The molecule has 0 bridgehead atoms. The third-order valence-corrected chi connectivity index (χ3v) is 11.2. The molecule has 6 atom stereocenters. The second-order valence-electron chi connectivity index (χ2n) is 13.1. The highest BCUT2D eigenvalue weighted by molar-refractivity contribution is 6.32. The van der Waals surface area contributed by atoms with Gasteiger partial charge >= 0.3 is 0 Å². The van der Waals surface area contributed by atoms with Crippen molar-refractivity contribution in [1.82, 2.24) is 0 Å². The first-order valence-corrected chi connectivity index (χ1v) is 16.3. The molecule has 3 aromatic rings. The van der Waals surface area contributed by atoms with Gasteiger partial charge in [-0.05, 0) is 80.1 Å². The summed E-state index contributed by atoms with van der Waals surface area (Å²) in [5.41, 5.74) is 2.08. The van der Waals surface area contributed by atoms with Crippen molar-refractivity contribution < 1.29 is 33.8 Å². The zero-order valence-electron chi connectivity index (χ0n) is 27.0. The zero-order valence-corrected chi connectivity index (χ0v) is 27.7. The summed E-state index contributed by atoms with van der Waals surface area (Å²) in [7, 11) is 2.88. The van der Waals surface area contributed by atoms with Gasteiger partial charge in [-0.15, -0.1) is 0 Å². The van der Waals surface area contributed by atoms with Gasteiger partial charge in [0.15, 0.2) is 11.5 Å². The van der Waals surface area contributed by atoms with Crippen LogP contribution >= 0.6 is 11.6 Å². The van der Waals surface area contributed by atoms with Crippen molar-refractivity contribution in [3.63, 3.8) is 0 Å². The van der Waals surface area contributed by atoms with E-state index in [1.807, 2.05) is 38.1 Å². The molecule has 4 aliphatic rings. The topological polar surface area (TPSA) is 113 Å². The van der Waals surface area contributed by atoms with E-state index in [1.54, 1.807) is 54.6 Å². The highest BCUT2D eigenvalue weighted by Gasteiger charge is 2.67. The fourth-order valence-electron chi connectivity index (χ4n) is 8.23. The number of para-hydroxylation sites is 1. The Morgan fingerprint density at radius 2 is 1.56 bits per heavy atom. The van der Waals surface area contributed by atoms with Gasteiger partial charge in [0.2, 0.25) is 29.4 Å². The Bertz CT molecular complexity index is 1910. The number of nitrogens with zero attached hydrogens (tertiary/aromatic N) is 2. The molecule has 0 aromatic heterocycles. The van der Waals surface area contributed by atoms with Crippen LogP contribution in [0.25, 0.3) is 6.08 Å². The number of carbonyl (C=O) groups excluding carboxylic acids is 4. The molecule has 3 aromatic carbocycles. The van der Waals surface area contributed by atoms with Crippen LogP contribution in [0, 0.1) is 41.9 Å². The minimum atomic E-state index is -1.17. The third kappa shape index (κ3) is 4.58. The number of fused-ring (bicyclic) bond motifs is 4. The predicted octanol–water partition coefficient (Wildman–Crippen LogP) is 6.35. The molecule has 10 heteroatoms. The summed E-state index contributed by atoms with van der Waals surface area (Å²) in [6.45, 7) is 3.69. The lowest BCUT2D eigenvalue weighted by Crippen LogP contribution is -2.49. The normalized spacial score (nSPS) is 28.0. The Labute approximate surface area is 283 Å². The fraction of sp³-hybridized carbons (Fsp3) is 0.316. The molecule has 0 spiro atoms. The first kappa shape index (κ1) is 31.7. The van der Waals surface area contributed by atoms with Gasteiger partial charge in [-0.3, -0.25) is 19.2 Å². The number of phenolic OH excluding ortho intramolecular Hbond substituents is 1. The zero-order chi connectivity index (χ0) is 34.1. The molecule has 6 unspecified atom stereocenters. The van der Waals surface area contributed by atoms with Crippen LogP contribution in [0.2, 0.25) is 5.02 Å². The molecule has 9 nitrogen and oxygen atoms in total. The highest BCUT2D eigenvalue weighted by atomic mass is 35.5. The number of hydrogen-bond acceptors (Lipinski definition) is 7. The van der Waals surface area contributed by atoms with Crippen LogP contribution in [-0.4, -0.2) is 43.0 Å². The Kier molecular flexibility index (Phi) is 7.70. The summed E-state index contributed by atoms with van der Waals surface area (Å²) in [5.74, 6) is -4.01. The molecule has 7 rings (SSSR count). The first-order chi connectivity index (χ1) is 23.0. The summed E-state index contributed by atoms with van der Waals surface area (Å²) in [6.07, 6.45) is 6.30. The fourth-order valence-corrected chi connectivity index (χ4v) is 8.41. The number of phenols is 1. The number of methoxy groups -OCH3 is 2. The van der Waals surface area contributed by atoms with Gasteiger partial charge in [-0.2, -0.15) is 0 Å². The number of amides is 4. The number of aromatic hydroxyl groups is 1. The first-order valence-electron chi connectivity index (χ1n) is 15.9. The standard InChI is InChI=1S/C38H35ClN2O7/c1-20-10-12-23(18-29(20)39)40-34(43)25-14-13-24-26(32(25)36(40)45)19-28-35(44)41(22-8-6-5-7-9-22)37(46)38(28,2)27(24)15-11-21-16-30(47-3)33(42)31(17-21)48-4/h5-13,15-18,25-28,32,42H,14,19H2,1-4H3. The SMILES string of the molecule is COc1cc(C=CC2C3=CCC4C(=O)N(c5ccc(C)c(Cl)c5)C(=O)C4C3CC3C(=O)N(c4ccccc4)C(=O)C23C)cc(OC)c1O. The molecule has 2 aliphatic carbocycles. The van der Waals surface area contributed by atoms with Crippen molar-refractivity contribution in [3.8, 4) is 17.2 Å². The smallest absolute Gasteiger partial charge is 0.241 e. The molecule has 2 heterocycles. The second-order valence-corrected chi connectivity index (χ2v) is 13.5. The van der Waals surface area contributed by atoms with Crippen LogP contribution in [0.4, 0.5) is 11.4 Å². The highest BCUT2D eigenvalue weighted by Crippen LogP contribution is 2.61. The van der Waals surface area contributed by atoms with Gasteiger partial charge in [0.25, 0.3) is 0 Å². The monoisotopic (exact) mass is 666 g/mol. The maximum atomic E-state index is 14.5. The van der Waals surface area contributed by atoms with Crippen molar-refractivity contribution in [2.24, 2.45) is 35.0 Å². The average Bonchev–Trinajstić information content (AvgIpc) is 3.45. The Morgan fingerprint density at radius 1 is 0.875 bits per heavy atom. The minimum Gasteiger partial charge on any atom is -0.502 e. The maximum absolute atomic E-state index is 14.5. The largest absolute Gasteiger partial charge is 0.502 e. The number of aryl methyl sites for hydroxylation is 1. The lowest BCUT2D eigenvalue weighted by atomic mass is 9.52. The van der Waals surface area contributed by atoms with E-state index in [4.69, 9.17) is 21.1 Å².